The van der Waals surface area contributed by atoms with Gasteiger partial charge < -0.3 is 15.0 Å². The molecule has 2 aliphatic rings. The Morgan fingerprint density at radius 1 is 1.10 bits per heavy atom. The van der Waals surface area contributed by atoms with Crippen LogP contribution in [-0.2, 0) is 17.7 Å². The fraction of sp³-hybridized carbons (Fsp3) is 0.435. The summed E-state index contributed by atoms with van der Waals surface area (Å²) in [7, 11) is 1.76. The molecule has 1 N–H and O–H groups in total. The summed E-state index contributed by atoms with van der Waals surface area (Å²) in [5.74, 6) is -0.299. The van der Waals surface area contributed by atoms with Crippen molar-refractivity contribution in [2.75, 3.05) is 39.8 Å². The molecule has 2 atom stereocenters. The van der Waals surface area contributed by atoms with Gasteiger partial charge >= 0.3 is 0 Å². The summed E-state index contributed by atoms with van der Waals surface area (Å²) in [4.78, 5) is 9.12. The molecule has 2 heterocycles. The number of fused-ring (bicyclic) bond motifs is 1. The Bertz CT molecular complexity index is 857. The fourth-order valence-corrected chi connectivity index (χ4v) is 4.35. The van der Waals surface area contributed by atoms with Crippen LogP contribution in [0.5, 0.6) is 0 Å². The lowest BCUT2D eigenvalue weighted by molar-refractivity contribution is -0.0502. The molecule has 0 aromatic heterocycles. The highest BCUT2D eigenvalue weighted by atomic mass is 19.1. The molecule has 2 saturated heterocycles. The predicted octanol–water partition coefficient (Wildman–Crippen LogP) is 2.67. The van der Waals surface area contributed by atoms with Crippen LogP contribution in [0.15, 0.2) is 53.5 Å². The summed E-state index contributed by atoms with van der Waals surface area (Å²) in [6.45, 7) is 4.74. The number of nitrogens with one attached hydrogen (secondary N) is 1. The molecule has 0 spiro atoms. The second-order valence-electron chi connectivity index (χ2n) is 7.84. The van der Waals surface area contributed by atoms with E-state index < -0.39 is 11.6 Å². The molecule has 5 nitrogen and oxygen atoms in total. The van der Waals surface area contributed by atoms with Gasteiger partial charge in [0.05, 0.1) is 18.8 Å². The maximum Gasteiger partial charge on any atom is 0.193 e. The highest BCUT2D eigenvalue weighted by Gasteiger charge is 2.41. The van der Waals surface area contributed by atoms with Gasteiger partial charge in [0.1, 0.15) is 11.6 Å². The van der Waals surface area contributed by atoms with Gasteiger partial charge in [0.15, 0.2) is 5.96 Å². The van der Waals surface area contributed by atoms with Crippen molar-refractivity contribution >= 4 is 5.96 Å². The first kappa shape index (κ1) is 20.8. The monoisotopic (exact) mass is 414 g/mol. The quantitative estimate of drug-likeness (QED) is 0.603. The van der Waals surface area contributed by atoms with E-state index in [-0.39, 0.29) is 6.10 Å². The number of ether oxygens (including phenoxy) is 1. The minimum atomic E-state index is -0.548. The zero-order chi connectivity index (χ0) is 20.9. The van der Waals surface area contributed by atoms with Crippen molar-refractivity contribution in [2.24, 2.45) is 4.99 Å². The Hall–Kier alpha value is -2.51. The third-order valence-corrected chi connectivity index (χ3v) is 5.78. The van der Waals surface area contributed by atoms with Crippen LogP contribution in [-0.4, -0.2) is 67.7 Å². The van der Waals surface area contributed by atoms with Crippen LogP contribution in [0.3, 0.4) is 0 Å². The van der Waals surface area contributed by atoms with Crippen LogP contribution < -0.4 is 5.32 Å². The highest BCUT2D eigenvalue weighted by Crippen LogP contribution is 2.24. The Balaban J connectivity index is 1.34. The zero-order valence-electron chi connectivity index (χ0n) is 17.2. The number of guanidine groups is 1. The minimum Gasteiger partial charge on any atom is -0.373 e. The van der Waals surface area contributed by atoms with Gasteiger partial charge in [-0.15, -0.1) is 0 Å². The van der Waals surface area contributed by atoms with E-state index >= 15 is 0 Å². The molecule has 4 rings (SSSR count). The molecule has 2 aliphatic heterocycles. The summed E-state index contributed by atoms with van der Waals surface area (Å²) in [6.07, 6.45) is 0.670. The highest BCUT2D eigenvalue weighted by molar-refractivity contribution is 5.80. The Morgan fingerprint density at radius 2 is 1.87 bits per heavy atom. The van der Waals surface area contributed by atoms with Crippen LogP contribution in [0.4, 0.5) is 8.78 Å². The lowest BCUT2D eigenvalue weighted by Crippen LogP contribution is -2.50. The van der Waals surface area contributed by atoms with E-state index in [2.05, 4.69) is 44.4 Å². The van der Waals surface area contributed by atoms with E-state index in [1.54, 1.807) is 7.05 Å². The summed E-state index contributed by atoms with van der Waals surface area (Å²) in [5, 5.41) is 3.33. The smallest absolute Gasteiger partial charge is 0.193 e. The first-order chi connectivity index (χ1) is 14.6. The normalized spacial score (nSPS) is 22.2. The maximum absolute atomic E-state index is 13.4. The Labute approximate surface area is 176 Å². The van der Waals surface area contributed by atoms with Gasteiger partial charge in [-0.25, -0.2) is 8.78 Å². The molecule has 160 valence electrons. The zero-order valence-corrected chi connectivity index (χ0v) is 17.2. The fourth-order valence-electron chi connectivity index (χ4n) is 4.35. The summed E-state index contributed by atoms with van der Waals surface area (Å²) in [6, 6.07) is 14.4. The van der Waals surface area contributed by atoms with E-state index in [0.717, 1.165) is 44.8 Å². The number of halogens is 2. The SMILES string of the molecule is CN=C(NCCc1cc(F)cc(F)c1)N1CC2OCCN(Cc3ccccc3)C2C1. The number of hydrogen-bond donors (Lipinski definition) is 1. The number of rotatable bonds is 5. The number of benzene rings is 2. The van der Waals surface area contributed by atoms with Crippen molar-refractivity contribution in [3.63, 3.8) is 0 Å². The van der Waals surface area contributed by atoms with Crippen molar-refractivity contribution in [3.05, 3.63) is 71.3 Å². The van der Waals surface area contributed by atoms with Gasteiger partial charge in [0.2, 0.25) is 0 Å². The molecule has 30 heavy (non-hydrogen) atoms. The van der Waals surface area contributed by atoms with Crippen molar-refractivity contribution in [3.8, 4) is 0 Å². The molecular formula is C23H28F2N4O. The second-order valence-corrected chi connectivity index (χ2v) is 7.84. The number of likely N-dealkylation sites (tertiary alicyclic amines) is 1. The predicted molar refractivity (Wildman–Crippen MR) is 113 cm³/mol. The van der Waals surface area contributed by atoms with Crippen molar-refractivity contribution in [2.45, 2.75) is 25.1 Å². The van der Waals surface area contributed by atoms with Gasteiger partial charge in [0, 0.05) is 45.8 Å². The standard InChI is InChI=1S/C23H28F2N4O/c1-26-23(27-8-7-18-11-19(24)13-20(25)12-18)29-15-21-22(16-29)30-10-9-28(21)14-17-5-3-2-4-6-17/h2-6,11-13,21-22H,7-10,14-16H2,1H3,(H,26,27). The third-order valence-electron chi connectivity index (χ3n) is 5.78. The molecule has 2 fully saturated rings. The minimum absolute atomic E-state index is 0.151. The molecule has 7 heteroatoms. The average molecular weight is 415 g/mol. The molecular weight excluding hydrogens is 386 g/mol. The van der Waals surface area contributed by atoms with Crippen molar-refractivity contribution in [1.29, 1.82) is 0 Å². The number of morpholine rings is 1. The summed E-state index contributed by atoms with van der Waals surface area (Å²) >= 11 is 0. The first-order valence-corrected chi connectivity index (χ1v) is 10.4. The molecule has 2 aromatic rings. The van der Waals surface area contributed by atoms with Crippen molar-refractivity contribution in [1.82, 2.24) is 15.1 Å². The second kappa shape index (κ2) is 9.53. The number of hydrogen-bond acceptors (Lipinski definition) is 3. The van der Waals surface area contributed by atoms with E-state index in [1.807, 2.05) is 6.07 Å². The molecule has 0 amide bonds. The molecule has 2 unspecified atom stereocenters. The van der Waals surface area contributed by atoms with E-state index in [4.69, 9.17) is 4.74 Å². The molecule has 0 saturated carbocycles. The van der Waals surface area contributed by atoms with Crippen LogP contribution >= 0.6 is 0 Å². The molecule has 0 aliphatic carbocycles. The van der Waals surface area contributed by atoms with Crippen LogP contribution in [0.2, 0.25) is 0 Å². The number of aliphatic imine (C=N–C) groups is 1. The van der Waals surface area contributed by atoms with Crippen LogP contribution in [0.25, 0.3) is 0 Å². The van der Waals surface area contributed by atoms with Gasteiger partial charge in [-0.05, 0) is 29.7 Å². The lowest BCUT2D eigenvalue weighted by Gasteiger charge is -2.36. The largest absolute Gasteiger partial charge is 0.373 e. The number of nitrogens with zero attached hydrogens (tertiary/aromatic N) is 3. The first-order valence-electron chi connectivity index (χ1n) is 10.4. The van der Waals surface area contributed by atoms with Gasteiger partial charge in [-0.1, -0.05) is 30.3 Å². The van der Waals surface area contributed by atoms with Crippen LogP contribution in [0, 0.1) is 11.6 Å². The van der Waals surface area contributed by atoms with E-state index in [9.17, 15) is 8.78 Å². The molecule has 2 aromatic carbocycles. The molecule has 0 radical (unpaired) electrons. The van der Waals surface area contributed by atoms with E-state index in [0.29, 0.717) is 24.6 Å². The summed E-state index contributed by atoms with van der Waals surface area (Å²) < 4.78 is 32.8. The Kier molecular flexibility index (Phi) is 6.59. The Morgan fingerprint density at radius 3 is 2.60 bits per heavy atom. The van der Waals surface area contributed by atoms with Gasteiger partial charge in [-0.2, -0.15) is 0 Å². The van der Waals surface area contributed by atoms with Gasteiger partial charge in [0.25, 0.3) is 0 Å². The average Bonchev–Trinajstić information content (AvgIpc) is 3.16. The van der Waals surface area contributed by atoms with Crippen molar-refractivity contribution < 1.29 is 13.5 Å². The molecule has 0 bridgehead atoms. The van der Waals surface area contributed by atoms with Crippen LogP contribution in [0.1, 0.15) is 11.1 Å². The lowest BCUT2D eigenvalue weighted by atomic mass is 10.1. The van der Waals surface area contributed by atoms with E-state index in [1.165, 1.54) is 17.7 Å². The summed E-state index contributed by atoms with van der Waals surface area (Å²) in [5.41, 5.74) is 1.93. The van der Waals surface area contributed by atoms with Gasteiger partial charge in [-0.3, -0.25) is 9.89 Å². The maximum atomic E-state index is 13.4. The topological polar surface area (TPSA) is 40.1 Å². The third kappa shape index (κ3) is 4.96.